The minimum atomic E-state index is -0.691. The Labute approximate surface area is 150 Å². The zero-order valence-corrected chi connectivity index (χ0v) is 16.2. The third-order valence-corrected chi connectivity index (χ3v) is 3.38. The second-order valence-electron chi connectivity index (χ2n) is 7.58. The second kappa shape index (κ2) is 10.7. The van der Waals surface area contributed by atoms with Gasteiger partial charge in [0.1, 0.15) is 6.61 Å². The summed E-state index contributed by atoms with van der Waals surface area (Å²) in [6.45, 7) is 15.2. The highest BCUT2D eigenvalue weighted by molar-refractivity contribution is 5.86. The lowest BCUT2D eigenvalue weighted by Crippen LogP contribution is -2.39. The maximum Gasteiger partial charge on any atom is 0.408 e. The molecule has 0 aliphatic heterocycles. The molecule has 0 aromatic carbocycles. The van der Waals surface area contributed by atoms with Gasteiger partial charge in [-0.25, -0.2) is 9.59 Å². The Kier molecular flexibility index (Phi) is 9.86. The van der Waals surface area contributed by atoms with Crippen molar-refractivity contribution < 1.29 is 23.9 Å². The molecule has 2 N–H and O–H groups in total. The zero-order valence-electron chi connectivity index (χ0n) is 16.2. The summed E-state index contributed by atoms with van der Waals surface area (Å²) in [6, 6.07) is 0. The molecule has 0 rings (SSSR count). The predicted octanol–water partition coefficient (Wildman–Crippen LogP) is 2.61. The first kappa shape index (κ1) is 22.9. The highest BCUT2D eigenvalue weighted by atomic mass is 16.6. The van der Waals surface area contributed by atoms with Crippen molar-refractivity contribution in [2.75, 3.05) is 19.9 Å². The molecule has 0 spiro atoms. The molecule has 7 heteroatoms. The second-order valence-corrected chi connectivity index (χ2v) is 7.58. The summed E-state index contributed by atoms with van der Waals surface area (Å²) in [5.74, 6) is -0.599. The van der Waals surface area contributed by atoms with Gasteiger partial charge in [0.15, 0.2) is 6.73 Å². The molecular formula is C18H32N2O5. The van der Waals surface area contributed by atoms with Gasteiger partial charge in [0, 0.05) is 11.5 Å². The Morgan fingerprint density at radius 3 is 2.16 bits per heavy atom. The molecule has 0 bridgehead atoms. The van der Waals surface area contributed by atoms with Gasteiger partial charge in [-0.15, -0.1) is 0 Å². The lowest BCUT2D eigenvalue weighted by Gasteiger charge is -2.27. The van der Waals surface area contributed by atoms with Crippen LogP contribution in [-0.4, -0.2) is 37.9 Å². The fraction of sp³-hybridized carbons (Fsp3) is 0.722. The molecule has 0 aromatic heterocycles. The molecule has 25 heavy (non-hydrogen) atoms. The zero-order chi connectivity index (χ0) is 19.6. The van der Waals surface area contributed by atoms with Gasteiger partial charge in [-0.05, 0) is 24.7 Å². The molecule has 144 valence electrons. The van der Waals surface area contributed by atoms with Crippen molar-refractivity contribution in [3.63, 3.8) is 0 Å². The minimum Gasteiger partial charge on any atom is -0.460 e. The van der Waals surface area contributed by atoms with Gasteiger partial charge in [0.05, 0.1) is 6.54 Å². The quantitative estimate of drug-likeness (QED) is 0.287. The van der Waals surface area contributed by atoms with Crippen LogP contribution in [0.4, 0.5) is 4.79 Å². The number of nitrogens with one attached hydrogen (secondary N) is 2. The molecule has 7 nitrogen and oxygen atoms in total. The van der Waals surface area contributed by atoms with Crippen molar-refractivity contribution in [1.29, 1.82) is 0 Å². The molecular weight excluding hydrogens is 324 g/mol. The molecule has 0 aromatic rings. The van der Waals surface area contributed by atoms with Crippen LogP contribution in [0.1, 0.15) is 48.0 Å². The van der Waals surface area contributed by atoms with Crippen molar-refractivity contribution >= 4 is 18.0 Å². The number of hydrogen-bond acceptors (Lipinski definition) is 5. The number of carbonyl (C=O) groups is 3. The Balaban J connectivity index is 4.07. The summed E-state index contributed by atoms with van der Waals surface area (Å²) in [6.07, 6.45) is 0.0557. The SMILES string of the molecule is C=C(C)C(=O)OCCNC(=O)OCNC(=O)C(CC(C)(C)C)C(C)C. The third-order valence-electron chi connectivity index (χ3n) is 3.38. The van der Waals surface area contributed by atoms with E-state index in [1.165, 1.54) is 6.92 Å². The van der Waals surface area contributed by atoms with Gasteiger partial charge in [-0.2, -0.15) is 0 Å². The molecule has 0 fully saturated rings. The Morgan fingerprint density at radius 1 is 1.08 bits per heavy atom. The van der Waals surface area contributed by atoms with Crippen molar-refractivity contribution in [2.45, 2.75) is 48.0 Å². The highest BCUT2D eigenvalue weighted by Crippen LogP contribution is 2.28. The number of ether oxygens (including phenoxy) is 2. The van der Waals surface area contributed by atoms with E-state index in [2.05, 4.69) is 38.0 Å². The molecule has 1 unspecified atom stereocenters. The van der Waals surface area contributed by atoms with Gasteiger partial charge >= 0.3 is 12.1 Å². The lowest BCUT2D eigenvalue weighted by molar-refractivity contribution is -0.138. The minimum absolute atomic E-state index is 0.0220. The molecule has 2 amide bonds. The van der Waals surface area contributed by atoms with Gasteiger partial charge in [-0.1, -0.05) is 41.2 Å². The van der Waals surface area contributed by atoms with Crippen LogP contribution in [0.25, 0.3) is 0 Å². The van der Waals surface area contributed by atoms with Crippen molar-refractivity contribution in [3.8, 4) is 0 Å². The maximum atomic E-state index is 12.3. The molecule has 0 heterocycles. The predicted molar refractivity (Wildman–Crippen MR) is 95.7 cm³/mol. The van der Waals surface area contributed by atoms with Gasteiger partial charge in [0.2, 0.25) is 5.91 Å². The van der Waals surface area contributed by atoms with Crippen LogP contribution in [0, 0.1) is 17.3 Å². The van der Waals surface area contributed by atoms with E-state index in [1.54, 1.807) is 0 Å². The Hall–Kier alpha value is -2.05. The summed E-state index contributed by atoms with van der Waals surface area (Å²) in [5, 5.41) is 5.04. The van der Waals surface area contributed by atoms with Gasteiger partial charge in [0.25, 0.3) is 0 Å². The van der Waals surface area contributed by atoms with Gasteiger partial charge < -0.3 is 20.1 Å². The van der Waals surface area contributed by atoms with Gasteiger partial charge in [-0.3, -0.25) is 4.79 Å². The third kappa shape index (κ3) is 11.2. The summed E-state index contributed by atoms with van der Waals surface area (Å²) in [5.41, 5.74) is 0.325. The standard InChI is InChI=1S/C18H32N2O5/c1-12(2)14(10-18(5,6)7)15(21)20-11-25-17(23)19-8-9-24-16(22)13(3)4/h12,14H,3,8-11H2,1-2,4-7H3,(H,19,23)(H,20,21). The summed E-state index contributed by atoms with van der Waals surface area (Å²) in [4.78, 5) is 34.9. The Bertz CT molecular complexity index is 480. The van der Waals surface area contributed by atoms with E-state index in [4.69, 9.17) is 9.47 Å². The first-order valence-electron chi connectivity index (χ1n) is 8.45. The van der Waals surface area contributed by atoms with E-state index in [9.17, 15) is 14.4 Å². The monoisotopic (exact) mass is 356 g/mol. The molecule has 0 radical (unpaired) electrons. The lowest BCUT2D eigenvalue weighted by atomic mass is 9.79. The first-order valence-corrected chi connectivity index (χ1v) is 8.45. The van der Waals surface area contributed by atoms with E-state index in [-0.39, 0.29) is 43.0 Å². The van der Waals surface area contributed by atoms with Crippen molar-refractivity contribution in [3.05, 3.63) is 12.2 Å². The highest BCUT2D eigenvalue weighted by Gasteiger charge is 2.27. The van der Waals surface area contributed by atoms with E-state index in [0.29, 0.717) is 5.57 Å². The molecule has 0 aliphatic rings. The number of rotatable bonds is 9. The number of carbonyl (C=O) groups excluding carboxylic acids is 3. The van der Waals surface area contributed by atoms with E-state index in [0.717, 1.165) is 6.42 Å². The largest absolute Gasteiger partial charge is 0.460 e. The number of esters is 1. The van der Waals surface area contributed by atoms with Crippen LogP contribution in [0.15, 0.2) is 12.2 Å². The van der Waals surface area contributed by atoms with E-state index >= 15 is 0 Å². The van der Waals surface area contributed by atoms with Crippen LogP contribution in [0.3, 0.4) is 0 Å². The average Bonchev–Trinajstić information content (AvgIpc) is 2.47. The summed E-state index contributed by atoms with van der Waals surface area (Å²) < 4.78 is 9.71. The topological polar surface area (TPSA) is 93.7 Å². The number of hydrogen-bond donors (Lipinski definition) is 2. The van der Waals surface area contributed by atoms with Crippen LogP contribution in [0.5, 0.6) is 0 Å². The van der Waals surface area contributed by atoms with Crippen molar-refractivity contribution in [1.82, 2.24) is 10.6 Å². The number of amides is 2. The molecule has 0 saturated carbocycles. The Morgan fingerprint density at radius 2 is 1.68 bits per heavy atom. The molecule has 0 aliphatic carbocycles. The smallest absolute Gasteiger partial charge is 0.408 e. The molecule has 0 saturated heterocycles. The maximum absolute atomic E-state index is 12.3. The normalized spacial score (nSPS) is 12.3. The van der Waals surface area contributed by atoms with E-state index in [1.807, 2.05) is 13.8 Å². The van der Waals surface area contributed by atoms with Crippen LogP contribution in [-0.2, 0) is 19.1 Å². The van der Waals surface area contributed by atoms with Crippen molar-refractivity contribution in [2.24, 2.45) is 17.3 Å². The van der Waals surface area contributed by atoms with Crippen LogP contribution < -0.4 is 10.6 Å². The first-order chi connectivity index (χ1) is 11.4. The number of alkyl carbamates (subject to hydrolysis) is 1. The average molecular weight is 356 g/mol. The summed E-state index contributed by atoms with van der Waals surface area (Å²) in [7, 11) is 0. The summed E-state index contributed by atoms with van der Waals surface area (Å²) >= 11 is 0. The fourth-order valence-corrected chi connectivity index (χ4v) is 2.07. The fourth-order valence-electron chi connectivity index (χ4n) is 2.07. The molecule has 1 atom stereocenters. The van der Waals surface area contributed by atoms with Crippen LogP contribution >= 0.6 is 0 Å². The van der Waals surface area contributed by atoms with Crippen LogP contribution in [0.2, 0.25) is 0 Å². The van der Waals surface area contributed by atoms with E-state index < -0.39 is 12.1 Å².